The molecule has 6 heteroatoms. The third-order valence-corrected chi connectivity index (χ3v) is 4.70. The van der Waals surface area contributed by atoms with Crippen molar-refractivity contribution in [2.24, 2.45) is 0 Å². The van der Waals surface area contributed by atoms with Gasteiger partial charge in [0, 0.05) is 34.7 Å². The Morgan fingerprint density at radius 1 is 0.889 bits per heavy atom. The normalized spacial score (nSPS) is 10.3. The van der Waals surface area contributed by atoms with E-state index in [-0.39, 0.29) is 11.8 Å². The number of amides is 2. The van der Waals surface area contributed by atoms with Crippen LogP contribution in [0.25, 0.3) is 0 Å². The first-order valence-corrected chi connectivity index (χ1v) is 9.26. The molecule has 3 aromatic rings. The fourth-order valence-corrected chi connectivity index (χ4v) is 2.99. The van der Waals surface area contributed by atoms with E-state index in [1.165, 1.54) is 6.20 Å². The van der Waals surface area contributed by atoms with Gasteiger partial charge in [-0.1, -0.05) is 34.1 Å². The highest BCUT2D eigenvalue weighted by atomic mass is 79.9. The van der Waals surface area contributed by atoms with Crippen LogP contribution in [0.15, 0.2) is 77.5 Å². The van der Waals surface area contributed by atoms with Crippen LogP contribution < -0.4 is 10.6 Å². The van der Waals surface area contributed by atoms with E-state index >= 15 is 0 Å². The minimum atomic E-state index is -0.228. The minimum Gasteiger partial charge on any atom is -0.326 e. The summed E-state index contributed by atoms with van der Waals surface area (Å²) in [5.74, 6) is -0.286. The molecule has 0 fully saturated rings. The molecule has 136 valence electrons. The molecule has 0 unspecified atom stereocenters. The van der Waals surface area contributed by atoms with E-state index in [1.54, 1.807) is 42.6 Å². The van der Waals surface area contributed by atoms with Gasteiger partial charge >= 0.3 is 0 Å². The topological polar surface area (TPSA) is 71.1 Å². The summed E-state index contributed by atoms with van der Waals surface area (Å²) in [7, 11) is 0. The monoisotopic (exact) mass is 423 g/mol. The fourth-order valence-electron chi connectivity index (χ4n) is 2.51. The summed E-state index contributed by atoms with van der Waals surface area (Å²) >= 11 is 3.49. The van der Waals surface area contributed by atoms with Gasteiger partial charge in [-0.2, -0.15) is 0 Å². The van der Waals surface area contributed by atoms with E-state index in [4.69, 9.17) is 0 Å². The number of hydrogen-bond acceptors (Lipinski definition) is 3. The summed E-state index contributed by atoms with van der Waals surface area (Å²) in [6.45, 7) is 0. The molecule has 5 nitrogen and oxygen atoms in total. The lowest BCUT2D eigenvalue weighted by atomic mass is 10.1. The van der Waals surface area contributed by atoms with Gasteiger partial charge in [0.05, 0.1) is 5.56 Å². The molecule has 0 atom stereocenters. The van der Waals surface area contributed by atoms with Crippen molar-refractivity contribution in [2.45, 2.75) is 12.8 Å². The molecule has 0 aliphatic heterocycles. The van der Waals surface area contributed by atoms with Crippen molar-refractivity contribution < 1.29 is 9.59 Å². The highest BCUT2D eigenvalue weighted by molar-refractivity contribution is 9.10. The number of aryl methyl sites for hydroxylation is 1. The number of rotatable bonds is 6. The fraction of sp³-hybridized carbons (Fsp3) is 0.0952. The Balaban J connectivity index is 1.52. The van der Waals surface area contributed by atoms with Gasteiger partial charge in [-0.15, -0.1) is 0 Å². The van der Waals surface area contributed by atoms with Crippen LogP contribution in [0.1, 0.15) is 22.3 Å². The minimum absolute atomic E-state index is 0.0575. The Hall–Kier alpha value is -2.99. The highest BCUT2D eigenvalue weighted by Crippen LogP contribution is 2.18. The smallest absolute Gasteiger partial charge is 0.257 e. The van der Waals surface area contributed by atoms with Gasteiger partial charge in [-0.3, -0.25) is 14.6 Å². The van der Waals surface area contributed by atoms with Crippen LogP contribution in [0.3, 0.4) is 0 Å². The lowest BCUT2D eigenvalue weighted by Crippen LogP contribution is -2.13. The Bertz CT molecular complexity index is 928. The second-order valence-corrected chi connectivity index (χ2v) is 6.77. The number of benzene rings is 2. The van der Waals surface area contributed by atoms with E-state index in [9.17, 15) is 9.59 Å². The van der Waals surface area contributed by atoms with E-state index in [2.05, 4.69) is 31.5 Å². The first-order chi connectivity index (χ1) is 13.1. The highest BCUT2D eigenvalue weighted by Gasteiger charge is 2.07. The zero-order chi connectivity index (χ0) is 19.1. The molecule has 27 heavy (non-hydrogen) atoms. The molecule has 0 bridgehead atoms. The van der Waals surface area contributed by atoms with Crippen molar-refractivity contribution in [3.05, 3.63) is 88.7 Å². The lowest BCUT2D eigenvalue weighted by Gasteiger charge is -2.08. The molecular formula is C21H18BrN3O2. The number of halogens is 1. The van der Waals surface area contributed by atoms with Gasteiger partial charge < -0.3 is 10.6 Å². The molecule has 0 saturated carbocycles. The van der Waals surface area contributed by atoms with E-state index in [1.807, 2.05) is 24.3 Å². The number of nitrogens with zero attached hydrogens (tertiary/aromatic N) is 1. The number of carbonyl (C=O) groups excluding carboxylic acids is 2. The second kappa shape index (κ2) is 9.09. The van der Waals surface area contributed by atoms with Crippen LogP contribution in [-0.2, 0) is 11.2 Å². The van der Waals surface area contributed by atoms with Crippen molar-refractivity contribution >= 4 is 39.1 Å². The first kappa shape index (κ1) is 18.8. The maximum absolute atomic E-state index is 12.1. The van der Waals surface area contributed by atoms with Crippen LogP contribution in [0.2, 0.25) is 0 Å². The van der Waals surface area contributed by atoms with Crippen LogP contribution in [0.4, 0.5) is 11.4 Å². The molecule has 0 saturated heterocycles. The van der Waals surface area contributed by atoms with Gasteiger partial charge in [0.2, 0.25) is 5.91 Å². The van der Waals surface area contributed by atoms with Crippen LogP contribution >= 0.6 is 15.9 Å². The summed E-state index contributed by atoms with van der Waals surface area (Å²) in [6, 6.07) is 18.3. The Kier molecular flexibility index (Phi) is 6.33. The van der Waals surface area contributed by atoms with Crippen molar-refractivity contribution in [2.75, 3.05) is 10.6 Å². The average Bonchev–Trinajstić information content (AvgIpc) is 2.69. The molecule has 2 N–H and O–H groups in total. The summed E-state index contributed by atoms with van der Waals surface area (Å²) in [5.41, 5.74) is 2.92. The SMILES string of the molecule is O=C(CCc1ccccc1Br)Nc1ccc(NC(=O)c2cccnc2)cc1. The summed E-state index contributed by atoms with van der Waals surface area (Å²) in [6.07, 6.45) is 4.17. The average molecular weight is 424 g/mol. The summed E-state index contributed by atoms with van der Waals surface area (Å²) in [5, 5.41) is 5.66. The maximum Gasteiger partial charge on any atom is 0.257 e. The maximum atomic E-state index is 12.1. The molecule has 1 aromatic heterocycles. The van der Waals surface area contributed by atoms with Gasteiger partial charge in [0.1, 0.15) is 0 Å². The largest absolute Gasteiger partial charge is 0.326 e. The first-order valence-electron chi connectivity index (χ1n) is 8.46. The Labute approximate surface area is 166 Å². The molecule has 0 spiro atoms. The van der Waals surface area contributed by atoms with Gasteiger partial charge in [0.25, 0.3) is 5.91 Å². The number of hydrogen-bond donors (Lipinski definition) is 2. The zero-order valence-corrected chi connectivity index (χ0v) is 16.1. The standard InChI is InChI=1S/C21H18BrN3O2/c22-19-6-2-1-4-15(19)7-12-20(26)24-17-8-10-18(11-9-17)25-21(27)16-5-3-13-23-14-16/h1-6,8-11,13-14H,7,12H2,(H,24,26)(H,25,27). The van der Waals surface area contributed by atoms with Crippen LogP contribution in [0.5, 0.6) is 0 Å². The van der Waals surface area contributed by atoms with Crippen molar-refractivity contribution in [1.82, 2.24) is 4.98 Å². The molecule has 2 aromatic carbocycles. The molecule has 3 rings (SSSR count). The zero-order valence-electron chi connectivity index (χ0n) is 14.5. The predicted molar refractivity (Wildman–Crippen MR) is 110 cm³/mol. The predicted octanol–water partition coefficient (Wildman–Crippen LogP) is 4.67. The quantitative estimate of drug-likeness (QED) is 0.604. The Morgan fingerprint density at radius 3 is 2.26 bits per heavy atom. The molecule has 0 radical (unpaired) electrons. The van der Waals surface area contributed by atoms with E-state index in [0.717, 1.165) is 10.0 Å². The van der Waals surface area contributed by atoms with Gasteiger partial charge in [-0.05, 0) is 54.4 Å². The van der Waals surface area contributed by atoms with Crippen molar-refractivity contribution in [1.29, 1.82) is 0 Å². The number of nitrogens with one attached hydrogen (secondary N) is 2. The number of pyridine rings is 1. The molecule has 0 aliphatic rings. The summed E-state index contributed by atoms with van der Waals surface area (Å²) in [4.78, 5) is 28.2. The van der Waals surface area contributed by atoms with Gasteiger partial charge in [0.15, 0.2) is 0 Å². The lowest BCUT2D eigenvalue weighted by molar-refractivity contribution is -0.116. The Morgan fingerprint density at radius 2 is 1.59 bits per heavy atom. The third kappa shape index (κ3) is 5.49. The summed E-state index contributed by atoms with van der Waals surface area (Å²) < 4.78 is 1.01. The number of aromatic nitrogens is 1. The third-order valence-electron chi connectivity index (χ3n) is 3.93. The number of anilines is 2. The van der Waals surface area contributed by atoms with E-state index in [0.29, 0.717) is 29.8 Å². The number of carbonyl (C=O) groups is 2. The second-order valence-electron chi connectivity index (χ2n) is 5.91. The van der Waals surface area contributed by atoms with Crippen LogP contribution in [0, 0.1) is 0 Å². The molecule has 2 amide bonds. The van der Waals surface area contributed by atoms with Crippen LogP contribution in [-0.4, -0.2) is 16.8 Å². The van der Waals surface area contributed by atoms with Crippen molar-refractivity contribution in [3.8, 4) is 0 Å². The molecular weight excluding hydrogens is 406 g/mol. The van der Waals surface area contributed by atoms with Crippen molar-refractivity contribution in [3.63, 3.8) is 0 Å². The molecule has 0 aliphatic carbocycles. The van der Waals surface area contributed by atoms with Gasteiger partial charge in [-0.25, -0.2) is 0 Å². The molecule has 1 heterocycles. The van der Waals surface area contributed by atoms with E-state index < -0.39 is 0 Å².